The van der Waals surface area contributed by atoms with Crippen molar-refractivity contribution in [3.05, 3.63) is 58.7 Å². The van der Waals surface area contributed by atoms with Crippen LogP contribution in [0.15, 0.2) is 42.5 Å². The molecule has 0 saturated heterocycles. The van der Waals surface area contributed by atoms with E-state index in [1.165, 1.54) is 0 Å². The van der Waals surface area contributed by atoms with Gasteiger partial charge in [-0.3, -0.25) is 4.79 Å². The summed E-state index contributed by atoms with van der Waals surface area (Å²) in [6.45, 7) is 0.294. The van der Waals surface area contributed by atoms with Crippen molar-refractivity contribution >= 4 is 29.0 Å². The van der Waals surface area contributed by atoms with Gasteiger partial charge in [0.2, 0.25) is 0 Å². The van der Waals surface area contributed by atoms with E-state index in [1.807, 2.05) is 12.1 Å². The lowest BCUT2D eigenvalue weighted by Gasteiger charge is -2.10. The van der Waals surface area contributed by atoms with Crippen LogP contribution in [0.2, 0.25) is 5.02 Å². The maximum Gasteiger partial charge on any atom is 0.275 e. The number of hydrogen-bond donors (Lipinski definition) is 3. The standard InChI is InChI=1S/C18H18ClN5O3/c1-26-14-7-6-11(8-15(14)27-2)10-20-18(25)16-17(23-24-22-16)21-13-5-3-4-12(19)9-13/h3-9H,10H2,1-2H3,(H,20,25)(H2,21,22,23,24). The van der Waals surface area contributed by atoms with Gasteiger partial charge in [0.15, 0.2) is 23.0 Å². The summed E-state index contributed by atoms with van der Waals surface area (Å²) in [7, 11) is 3.13. The van der Waals surface area contributed by atoms with Crippen molar-refractivity contribution in [2.45, 2.75) is 6.54 Å². The predicted octanol–water partition coefficient (Wildman–Crippen LogP) is 3.15. The molecule has 3 aromatic rings. The summed E-state index contributed by atoms with van der Waals surface area (Å²) in [5.41, 5.74) is 1.70. The highest BCUT2D eigenvalue weighted by atomic mass is 35.5. The topological polar surface area (TPSA) is 101 Å². The first-order valence-corrected chi connectivity index (χ1v) is 8.41. The van der Waals surface area contributed by atoms with Gasteiger partial charge in [-0.2, -0.15) is 5.21 Å². The fraction of sp³-hybridized carbons (Fsp3) is 0.167. The molecule has 0 radical (unpaired) electrons. The minimum atomic E-state index is -0.372. The molecule has 0 saturated carbocycles. The summed E-state index contributed by atoms with van der Waals surface area (Å²) in [5, 5.41) is 16.7. The highest BCUT2D eigenvalue weighted by Crippen LogP contribution is 2.27. The first kappa shape index (κ1) is 18.5. The Hall–Kier alpha value is -3.26. The Morgan fingerprint density at radius 3 is 2.67 bits per heavy atom. The number of hydrogen-bond acceptors (Lipinski definition) is 6. The molecule has 0 bridgehead atoms. The second-order valence-electron chi connectivity index (χ2n) is 5.53. The fourth-order valence-corrected chi connectivity index (χ4v) is 2.63. The monoisotopic (exact) mass is 387 g/mol. The lowest BCUT2D eigenvalue weighted by atomic mass is 10.2. The highest BCUT2D eigenvalue weighted by Gasteiger charge is 2.17. The van der Waals surface area contributed by atoms with Crippen molar-refractivity contribution in [3.63, 3.8) is 0 Å². The quantitative estimate of drug-likeness (QED) is 0.575. The molecule has 0 spiro atoms. The largest absolute Gasteiger partial charge is 0.493 e. The molecule has 2 aromatic carbocycles. The van der Waals surface area contributed by atoms with Crippen molar-refractivity contribution in [3.8, 4) is 11.5 Å². The molecule has 3 rings (SSSR count). The van der Waals surface area contributed by atoms with E-state index in [1.54, 1.807) is 44.6 Å². The molecule has 0 atom stereocenters. The summed E-state index contributed by atoms with van der Waals surface area (Å²) in [6.07, 6.45) is 0. The molecule has 1 aromatic heterocycles. The normalized spacial score (nSPS) is 10.3. The zero-order valence-corrected chi connectivity index (χ0v) is 15.5. The van der Waals surface area contributed by atoms with Crippen molar-refractivity contribution in [1.29, 1.82) is 0 Å². The molecular formula is C18H18ClN5O3. The van der Waals surface area contributed by atoms with Crippen LogP contribution in [0.5, 0.6) is 11.5 Å². The van der Waals surface area contributed by atoms with Gasteiger partial charge in [0.25, 0.3) is 5.91 Å². The van der Waals surface area contributed by atoms with Crippen LogP contribution in [0.4, 0.5) is 11.5 Å². The smallest absolute Gasteiger partial charge is 0.275 e. The molecule has 0 aliphatic rings. The number of methoxy groups -OCH3 is 2. The van der Waals surface area contributed by atoms with Crippen molar-refractivity contribution in [2.75, 3.05) is 19.5 Å². The van der Waals surface area contributed by atoms with Gasteiger partial charge in [-0.25, -0.2) is 0 Å². The van der Waals surface area contributed by atoms with E-state index < -0.39 is 0 Å². The van der Waals surface area contributed by atoms with Crippen molar-refractivity contribution in [1.82, 2.24) is 20.7 Å². The van der Waals surface area contributed by atoms with E-state index in [9.17, 15) is 4.79 Å². The van der Waals surface area contributed by atoms with Crippen molar-refractivity contribution < 1.29 is 14.3 Å². The molecule has 3 N–H and O–H groups in total. The van der Waals surface area contributed by atoms with Gasteiger partial charge in [0, 0.05) is 17.3 Å². The Labute approximate surface area is 160 Å². The molecule has 0 aliphatic carbocycles. The van der Waals surface area contributed by atoms with Crippen LogP contribution in [-0.4, -0.2) is 35.5 Å². The molecule has 1 amide bonds. The molecular weight excluding hydrogens is 370 g/mol. The van der Waals surface area contributed by atoms with Crippen LogP contribution >= 0.6 is 11.6 Å². The van der Waals surface area contributed by atoms with Crippen LogP contribution in [0.3, 0.4) is 0 Å². The first-order valence-electron chi connectivity index (χ1n) is 8.03. The number of benzene rings is 2. The van der Waals surface area contributed by atoms with E-state index in [-0.39, 0.29) is 11.6 Å². The lowest BCUT2D eigenvalue weighted by Crippen LogP contribution is -2.24. The second-order valence-corrected chi connectivity index (χ2v) is 5.96. The zero-order chi connectivity index (χ0) is 19.2. The third kappa shape index (κ3) is 4.48. The summed E-state index contributed by atoms with van der Waals surface area (Å²) in [4.78, 5) is 12.5. The number of rotatable bonds is 7. The third-order valence-electron chi connectivity index (χ3n) is 3.75. The summed E-state index contributed by atoms with van der Waals surface area (Å²) in [5.74, 6) is 1.15. The average molecular weight is 388 g/mol. The fourth-order valence-electron chi connectivity index (χ4n) is 2.44. The lowest BCUT2D eigenvalue weighted by molar-refractivity contribution is 0.0946. The molecule has 8 nitrogen and oxygen atoms in total. The SMILES string of the molecule is COc1ccc(CNC(=O)c2n[nH]nc2Nc2cccc(Cl)c2)cc1OC. The summed E-state index contributed by atoms with van der Waals surface area (Å²) >= 11 is 5.97. The number of aromatic amines is 1. The van der Waals surface area contributed by atoms with Crippen LogP contribution < -0.4 is 20.1 Å². The molecule has 0 fully saturated rings. The van der Waals surface area contributed by atoms with Gasteiger partial charge in [-0.05, 0) is 35.9 Å². The Morgan fingerprint density at radius 2 is 1.93 bits per heavy atom. The first-order chi connectivity index (χ1) is 13.1. The molecule has 9 heteroatoms. The van der Waals surface area contributed by atoms with Crippen LogP contribution in [0.25, 0.3) is 0 Å². The Bertz CT molecular complexity index is 944. The van der Waals surface area contributed by atoms with Crippen LogP contribution in [0, 0.1) is 0 Å². The number of amides is 1. The molecule has 0 aliphatic heterocycles. The van der Waals surface area contributed by atoms with Crippen LogP contribution in [0.1, 0.15) is 16.1 Å². The number of H-pyrrole nitrogens is 1. The third-order valence-corrected chi connectivity index (χ3v) is 3.99. The van der Waals surface area contributed by atoms with Gasteiger partial charge in [-0.1, -0.05) is 23.7 Å². The van der Waals surface area contributed by atoms with E-state index in [2.05, 4.69) is 26.0 Å². The molecule has 0 unspecified atom stereocenters. The predicted molar refractivity (Wildman–Crippen MR) is 102 cm³/mol. The second kappa shape index (κ2) is 8.41. The molecule has 1 heterocycles. The number of anilines is 2. The average Bonchev–Trinajstić information content (AvgIpc) is 3.14. The number of carbonyl (C=O) groups excluding carboxylic acids is 1. The molecule has 140 valence electrons. The van der Waals surface area contributed by atoms with Gasteiger partial charge in [-0.15, -0.1) is 10.2 Å². The number of nitrogens with one attached hydrogen (secondary N) is 3. The number of halogens is 1. The van der Waals surface area contributed by atoms with E-state index in [0.717, 1.165) is 5.56 Å². The maximum atomic E-state index is 12.5. The highest BCUT2D eigenvalue weighted by molar-refractivity contribution is 6.30. The van der Waals surface area contributed by atoms with E-state index in [0.29, 0.717) is 34.6 Å². The van der Waals surface area contributed by atoms with Crippen LogP contribution in [-0.2, 0) is 6.54 Å². The maximum absolute atomic E-state index is 12.5. The summed E-state index contributed by atoms with van der Waals surface area (Å²) in [6, 6.07) is 12.5. The number of carbonyl (C=O) groups is 1. The Morgan fingerprint density at radius 1 is 1.11 bits per heavy atom. The van der Waals surface area contributed by atoms with Crippen molar-refractivity contribution in [2.24, 2.45) is 0 Å². The Kier molecular flexibility index (Phi) is 5.77. The van der Waals surface area contributed by atoms with Gasteiger partial charge in [0.1, 0.15) is 0 Å². The zero-order valence-electron chi connectivity index (χ0n) is 14.7. The minimum absolute atomic E-state index is 0.149. The number of nitrogens with zero attached hydrogens (tertiary/aromatic N) is 2. The van der Waals surface area contributed by atoms with Gasteiger partial charge >= 0.3 is 0 Å². The molecule has 27 heavy (non-hydrogen) atoms. The Balaban J connectivity index is 1.68. The van der Waals surface area contributed by atoms with Gasteiger partial charge in [0.05, 0.1) is 14.2 Å². The van der Waals surface area contributed by atoms with E-state index >= 15 is 0 Å². The number of ether oxygens (including phenoxy) is 2. The van der Waals surface area contributed by atoms with Gasteiger partial charge < -0.3 is 20.1 Å². The van der Waals surface area contributed by atoms with E-state index in [4.69, 9.17) is 21.1 Å². The minimum Gasteiger partial charge on any atom is -0.493 e. The number of aromatic nitrogens is 3. The summed E-state index contributed by atoms with van der Waals surface area (Å²) < 4.78 is 10.5.